The number of anilines is 1. The van der Waals surface area contributed by atoms with Gasteiger partial charge < -0.3 is 10.1 Å². The first-order valence-corrected chi connectivity index (χ1v) is 9.56. The molecule has 0 bridgehead atoms. The number of rotatable bonds is 7. The molecule has 2 aromatic heterocycles. The number of methoxy groups -OCH3 is 1. The molecule has 29 heavy (non-hydrogen) atoms. The van der Waals surface area contributed by atoms with Crippen LogP contribution in [0.5, 0.6) is 5.75 Å². The molecule has 0 aliphatic rings. The number of fused-ring (bicyclic) bond motifs is 1. The molecule has 0 aliphatic carbocycles. The number of carbonyl (C=O) groups excluding carboxylic acids is 1. The van der Waals surface area contributed by atoms with Gasteiger partial charge in [0.2, 0.25) is 5.91 Å². The van der Waals surface area contributed by atoms with Crippen LogP contribution < -0.4 is 10.1 Å². The van der Waals surface area contributed by atoms with E-state index in [-0.39, 0.29) is 5.91 Å². The molecule has 2 heterocycles. The normalized spacial score (nSPS) is 10.8. The van der Waals surface area contributed by atoms with Gasteiger partial charge in [-0.3, -0.25) is 9.36 Å². The van der Waals surface area contributed by atoms with Crippen LogP contribution in [0.3, 0.4) is 0 Å². The Labute approximate surface area is 169 Å². The summed E-state index contributed by atoms with van der Waals surface area (Å²) in [5.41, 5.74) is 3.43. The van der Waals surface area contributed by atoms with Gasteiger partial charge in [-0.15, -0.1) is 0 Å². The van der Waals surface area contributed by atoms with Gasteiger partial charge in [0.1, 0.15) is 17.1 Å². The maximum Gasteiger partial charge on any atom is 0.224 e. The summed E-state index contributed by atoms with van der Waals surface area (Å²) in [7, 11) is 1.61. The van der Waals surface area contributed by atoms with E-state index in [9.17, 15) is 4.79 Å². The van der Waals surface area contributed by atoms with Gasteiger partial charge in [0.15, 0.2) is 5.65 Å². The van der Waals surface area contributed by atoms with Crippen LogP contribution in [-0.2, 0) is 11.2 Å². The van der Waals surface area contributed by atoms with Crippen molar-refractivity contribution in [1.29, 1.82) is 0 Å². The van der Waals surface area contributed by atoms with E-state index in [1.165, 1.54) is 0 Å². The number of aromatic nitrogens is 3. The second kappa shape index (κ2) is 8.56. The molecule has 0 saturated heterocycles. The predicted octanol–water partition coefficient (Wildman–Crippen LogP) is 4.39. The van der Waals surface area contributed by atoms with Gasteiger partial charge in [0.05, 0.1) is 7.11 Å². The van der Waals surface area contributed by atoms with E-state index in [4.69, 9.17) is 9.72 Å². The van der Waals surface area contributed by atoms with Gasteiger partial charge >= 0.3 is 0 Å². The Morgan fingerprint density at radius 3 is 2.76 bits per heavy atom. The maximum atomic E-state index is 12.3. The minimum Gasteiger partial charge on any atom is -0.497 e. The number of nitrogens with zero attached hydrogens (tertiary/aromatic N) is 3. The number of hydrogen-bond acceptors (Lipinski definition) is 4. The van der Waals surface area contributed by atoms with Gasteiger partial charge in [0, 0.05) is 36.5 Å². The van der Waals surface area contributed by atoms with E-state index in [1.54, 1.807) is 19.4 Å². The lowest BCUT2D eigenvalue weighted by Gasteiger charge is -2.09. The third-order valence-corrected chi connectivity index (χ3v) is 4.66. The monoisotopic (exact) mass is 386 g/mol. The topological polar surface area (TPSA) is 69.0 Å². The van der Waals surface area contributed by atoms with Crippen molar-refractivity contribution >= 4 is 22.8 Å². The van der Waals surface area contributed by atoms with Gasteiger partial charge in [-0.25, -0.2) is 9.97 Å². The molecule has 6 heteroatoms. The summed E-state index contributed by atoms with van der Waals surface area (Å²) in [6, 6.07) is 21.2. The quantitative estimate of drug-likeness (QED) is 0.511. The van der Waals surface area contributed by atoms with Gasteiger partial charge in [-0.05, 0) is 42.8 Å². The van der Waals surface area contributed by atoms with Crippen LogP contribution in [0.4, 0.5) is 5.69 Å². The van der Waals surface area contributed by atoms with E-state index in [0.29, 0.717) is 25.0 Å². The second-order valence-electron chi connectivity index (χ2n) is 6.68. The number of imidazole rings is 1. The van der Waals surface area contributed by atoms with Crippen molar-refractivity contribution < 1.29 is 9.53 Å². The van der Waals surface area contributed by atoms with Crippen molar-refractivity contribution in [3.8, 4) is 11.4 Å². The van der Waals surface area contributed by atoms with Crippen molar-refractivity contribution in [1.82, 2.24) is 14.5 Å². The molecule has 6 nitrogen and oxygen atoms in total. The summed E-state index contributed by atoms with van der Waals surface area (Å²) in [6.07, 6.45) is 3.54. The van der Waals surface area contributed by atoms with E-state index < -0.39 is 0 Å². The van der Waals surface area contributed by atoms with E-state index in [0.717, 1.165) is 28.4 Å². The van der Waals surface area contributed by atoms with E-state index >= 15 is 0 Å². The molecule has 4 aromatic rings. The molecule has 0 saturated carbocycles. The zero-order valence-corrected chi connectivity index (χ0v) is 16.2. The fourth-order valence-electron chi connectivity index (χ4n) is 3.31. The molecule has 1 amide bonds. The van der Waals surface area contributed by atoms with Gasteiger partial charge in [0.25, 0.3) is 0 Å². The Hall–Kier alpha value is -3.67. The number of ether oxygens (including phenoxy) is 1. The Morgan fingerprint density at radius 1 is 1.07 bits per heavy atom. The SMILES string of the molecule is COc1cccc(NC(=O)CCCc2nc3cccnc3n2-c2ccccc2)c1. The number of para-hydroxylation sites is 1. The number of pyridine rings is 1. The van der Waals surface area contributed by atoms with Crippen LogP contribution >= 0.6 is 0 Å². The minimum absolute atomic E-state index is 0.0289. The van der Waals surface area contributed by atoms with Crippen LogP contribution in [0.25, 0.3) is 16.9 Å². The minimum atomic E-state index is -0.0289. The molecule has 0 aliphatic heterocycles. The number of amides is 1. The molecule has 0 spiro atoms. The van der Waals surface area contributed by atoms with Crippen molar-refractivity contribution in [3.05, 3.63) is 78.8 Å². The Balaban J connectivity index is 1.46. The highest BCUT2D eigenvalue weighted by molar-refractivity contribution is 5.90. The van der Waals surface area contributed by atoms with Crippen molar-refractivity contribution in [2.75, 3.05) is 12.4 Å². The number of benzene rings is 2. The lowest BCUT2D eigenvalue weighted by atomic mass is 10.2. The number of nitrogens with one attached hydrogen (secondary N) is 1. The first-order valence-electron chi connectivity index (χ1n) is 9.56. The molecule has 1 N–H and O–H groups in total. The first-order chi connectivity index (χ1) is 14.2. The van der Waals surface area contributed by atoms with Gasteiger partial charge in [-0.1, -0.05) is 24.3 Å². The molecule has 4 rings (SSSR count). The molecule has 0 radical (unpaired) electrons. The summed E-state index contributed by atoms with van der Waals surface area (Å²) < 4.78 is 7.26. The molecule has 0 unspecified atom stereocenters. The third kappa shape index (κ3) is 4.27. The first kappa shape index (κ1) is 18.7. The summed E-state index contributed by atoms with van der Waals surface area (Å²) in [6.45, 7) is 0. The Kier molecular flexibility index (Phi) is 5.52. The Bertz CT molecular complexity index is 1120. The van der Waals surface area contributed by atoms with Crippen LogP contribution in [0.2, 0.25) is 0 Å². The smallest absolute Gasteiger partial charge is 0.224 e. The average molecular weight is 386 g/mol. The molecule has 0 atom stereocenters. The second-order valence-corrected chi connectivity index (χ2v) is 6.68. The van der Waals surface area contributed by atoms with E-state index in [1.807, 2.05) is 60.7 Å². The lowest BCUT2D eigenvalue weighted by molar-refractivity contribution is -0.116. The predicted molar refractivity (Wildman–Crippen MR) is 113 cm³/mol. The zero-order valence-electron chi connectivity index (χ0n) is 16.2. The van der Waals surface area contributed by atoms with Crippen LogP contribution in [0, 0.1) is 0 Å². The van der Waals surface area contributed by atoms with E-state index in [2.05, 4.69) is 14.9 Å². The van der Waals surface area contributed by atoms with Crippen molar-refractivity contribution in [2.45, 2.75) is 19.3 Å². The molecule has 2 aromatic carbocycles. The maximum absolute atomic E-state index is 12.3. The number of aryl methyl sites for hydroxylation is 1. The third-order valence-electron chi connectivity index (χ3n) is 4.66. The zero-order chi connectivity index (χ0) is 20.1. The number of hydrogen-bond donors (Lipinski definition) is 1. The molecule has 0 fully saturated rings. The summed E-state index contributed by atoms with van der Waals surface area (Å²) in [5.74, 6) is 1.59. The summed E-state index contributed by atoms with van der Waals surface area (Å²) in [4.78, 5) is 21.6. The average Bonchev–Trinajstić information content (AvgIpc) is 3.12. The van der Waals surface area contributed by atoms with Crippen LogP contribution in [0.15, 0.2) is 72.9 Å². The highest BCUT2D eigenvalue weighted by Gasteiger charge is 2.13. The largest absolute Gasteiger partial charge is 0.497 e. The summed E-state index contributed by atoms with van der Waals surface area (Å²) >= 11 is 0. The fourth-order valence-corrected chi connectivity index (χ4v) is 3.31. The highest BCUT2D eigenvalue weighted by Crippen LogP contribution is 2.21. The summed E-state index contributed by atoms with van der Waals surface area (Å²) in [5, 5.41) is 2.92. The number of carbonyl (C=O) groups is 1. The lowest BCUT2D eigenvalue weighted by Crippen LogP contribution is -2.12. The highest BCUT2D eigenvalue weighted by atomic mass is 16.5. The molecular formula is C23H22N4O2. The van der Waals surface area contributed by atoms with Crippen molar-refractivity contribution in [3.63, 3.8) is 0 Å². The van der Waals surface area contributed by atoms with Crippen LogP contribution in [0.1, 0.15) is 18.7 Å². The molecular weight excluding hydrogens is 364 g/mol. The fraction of sp³-hybridized carbons (Fsp3) is 0.174. The Morgan fingerprint density at radius 2 is 1.93 bits per heavy atom. The van der Waals surface area contributed by atoms with Crippen molar-refractivity contribution in [2.24, 2.45) is 0 Å². The van der Waals surface area contributed by atoms with Gasteiger partial charge in [-0.2, -0.15) is 0 Å². The van der Waals surface area contributed by atoms with Crippen LogP contribution in [-0.4, -0.2) is 27.6 Å². The standard InChI is InChI=1S/C23H22N4O2/c1-29-19-11-5-8-17(16-19)25-22(28)14-6-13-21-26-20-12-7-15-24-23(20)27(21)18-9-3-2-4-10-18/h2-5,7-12,15-16H,6,13-14H2,1H3,(H,25,28). The molecule has 146 valence electrons.